The van der Waals surface area contributed by atoms with Crippen LogP contribution in [0.3, 0.4) is 0 Å². The Bertz CT molecular complexity index is 1100. The van der Waals surface area contributed by atoms with Crippen LogP contribution < -0.4 is 14.4 Å². The Kier molecular flexibility index (Phi) is 5.82. The number of anilines is 1. The molecule has 3 atom stereocenters. The van der Waals surface area contributed by atoms with Gasteiger partial charge in [0.1, 0.15) is 11.6 Å². The van der Waals surface area contributed by atoms with Gasteiger partial charge in [0, 0.05) is 0 Å². The van der Waals surface area contributed by atoms with Crippen molar-refractivity contribution < 1.29 is 23.8 Å². The number of methoxy groups -OCH3 is 1. The molecule has 3 unspecified atom stereocenters. The molecule has 1 fully saturated rings. The summed E-state index contributed by atoms with van der Waals surface area (Å²) in [5.74, 6) is 1.14. The molecule has 8 nitrogen and oxygen atoms in total. The summed E-state index contributed by atoms with van der Waals surface area (Å²) in [5, 5.41) is 8.47. The average Bonchev–Trinajstić information content (AvgIpc) is 3.44. The monoisotopic (exact) mass is 469 g/mol. The molecule has 1 aromatic carbocycles. The molecule has 2 aliphatic heterocycles. The molecule has 0 N–H and O–H groups in total. The number of ketones is 1. The van der Waals surface area contributed by atoms with Gasteiger partial charge in [-0.2, -0.15) is 0 Å². The lowest BCUT2D eigenvalue weighted by Gasteiger charge is -2.35. The van der Waals surface area contributed by atoms with Gasteiger partial charge in [0.25, 0.3) is 5.91 Å². The van der Waals surface area contributed by atoms with Gasteiger partial charge >= 0.3 is 0 Å². The van der Waals surface area contributed by atoms with Gasteiger partial charge in [0.2, 0.25) is 5.13 Å². The second-order valence-electron chi connectivity index (χ2n) is 9.07. The Balaban J connectivity index is 1.59. The summed E-state index contributed by atoms with van der Waals surface area (Å²) in [6.45, 7) is 4.71. The van der Waals surface area contributed by atoms with E-state index in [1.165, 1.54) is 16.2 Å². The van der Waals surface area contributed by atoms with Gasteiger partial charge < -0.3 is 14.2 Å². The van der Waals surface area contributed by atoms with Gasteiger partial charge in [-0.15, -0.1) is 10.2 Å². The number of rotatable bonds is 6. The first-order valence-corrected chi connectivity index (χ1v) is 12.2. The van der Waals surface area contributed by atoms with Gasteiger partial charge in [-0.05, 0) is 42.9 Å². The zero-order chi connectivity index (χ0) is 23.1. The number of hydrogen-bond acceptors (Lipinski definition) is 8. The zero-order valence-electron chi connectivity index (χ0n) is 18.9. The number of amides is 1. The Labute approximate surface area is 196 Å². The summed E-state index contributed by atoms with van der Waals surface area (Å²) in [7, 11) is 1.58. The number of benzene rings is 1. The van der Waals surface area contributed by atoms with E-state index in [2.05, 4.69) is 24.0 Å². The fourth-order valence-electron chi connectivity index (χ4n) is 4.86. The minimum absolute atomic E-state index is 0.00502. The van der Waals surface area contributed by atoms with E-state index in [0.29, 0.717) is 34.7 Å². The maximum atomic E-state index is 13.7. The predicted octanol–water partition coefficient (Wildman–Crippen LogP) is 4.08. The van der Waals surface area contributed by atoms with Crippen LogP contribution >= 0.6 is 11.3 Å². The molecular formula is C24H27N3O5S. The third kappa shape index (κ3) is 3.78. The molecule has 1 aliphatic carbocycles. The quantitative estimate of drug-likeness (QED) is 0.629. The molecule has 1 saturated carbocycles. The number of carbonyl (C=O) groups excluding carboxylic acids is 2. The Morgan fingerprint density at radius 1 is 1.21 bits per heavy atom. The van der Waals surface area contributed by atoms with Gasteiger partial charge in [-0.1, -0.05) is 37.7 Å². The third-order valence-electron chi connectivity index (χ3n) is 6.39. The zero-order valence-corrected chi connectivity index (χ0v) is 19.8. The second-order valence-corrected chi connectivity index (χ2v) is 9.88. The predicted molar refractivity (Wildman–Crippen MR) is 122 cm³/mol. The van der Waals surface area contributed by atoms with Crippen LogP contribution in [-0.2, 0) is 14.3 Å². The highest BCUT2D eigenvalue weighted by Gasteiger charge is 2.53. The normalized spacial score (nSPS) is 24.6. The summed E-state index contributed by atoms with van der Waals surface area (Å²) in [6.07, 6.45) is 3.34. The van der Waals surface area contributed by atoms with Crippen molar-refractivity contribution in [1.29, 1.82) is 0 Å². The van der Waals surface area contributed by atoms with E-state index in [-0.39, 0.29) is 29.5 Å². The number of fused-ring (bicyclic) bond motifs is 1. The molecule has 0 spiro atoms. The molecular weight excluding hydrogens is 442 g/mol. The van der Waals surface area contributed by atoms with Crippen molar-refractivity contribution in [3.63, 3.8) is 0 Å². The van der Waals surface area contributed by atoms with Crippen LogP contribution in [0.1, 0.15) is 51.1 Å². The molecule has 0 saturated heterocycles. The highest BCUT2D eigenvalue weighted by molar-refractivity contribution is 7.13. The van der Waals surface area contributed by atoms with Crippen molar-refractivity contribution in [2.75, 3.05) is 18.6 Å². The third-order valence-corrected chi connectivity index (χ3v) is 7.08. The van der Waals surface area contributed by atoms with E-state index in [0.717, 1.165) is 31.2 Å². The minimum Gasteiger partial charge on any atom is -0.493 e. The van der Waals surface area contributed by atoms with Gasteiger partial charge in [-0.3, -0.25) is 14.5 Å². The van der Waals surface area contributed by atoms with E-state index in [1.807, 2.05) is 18.2 Å². The summed E-state index contributed by atoms with van der Waals surface area (Å²) < 4.78 is 17.7. The lowest BCUT2D eigenvalue weighted by molar-refractivity contribution is -0.131. The summed E-state index contributed by atoms with van der Waals surface area (Å²) in [4.78, 5) is 28.7. The molecule has 9 heteroatoms. The van der Waals surface area contributed by atoms with E-state index in [4.69, 9.17) is 14.2 Å². The SMILES string of the molecule is COc1cc(C2C3=C(OC4CCCCC4C3=O)C(=O)N2c2nncs2)ccc1OCC(C)C. The first kappa shape index (κ1) is 21.9. The standard InChI is InChI=1S/C24H27N3O5S/c1-13(2)11-31-17-9-8-14(10-18(17)30-3)20-19-21(28)15-6-4-5-7-16(15)32-22(19)23(29)27(20)24-26-25-12-33-24/h8-10,12-13,15-16,20H,4-7,11H2,1-3H3. The fraction of sp³-hybridized carbons (Fsp3) is 0.500. The molecule has 3 aliphatic rings. The van der Waals surface area contributed by atoms with Crippen molar-refractivity contribution in [2.24, 2.45) is 11.8 Å². The van der Waals surface area contributed by atoms with Crippen LogP contribution in [-0.4, -0.2) is 41.7 Å². The first-order chi connectivity index (χ1) is 16.0. The van der Waals surface area contributed by atoms with Crippen LogP contribution in [0.25, 0.3) is 0 Å². The van der Waals surface area contributed by atoms with Crippen molar-refractivity contribution in [1.82, 2.24) is 10.2 Å². The molecule has 33 heavy (non-hydrogen) atoms. The smallest absolute Gasteiger partial charge is 0.296 e. The Hall–Kier alpha value is -2.94. The topological polar surface area (TPSA) is 90.9 Å². The lowest BCUT2D eigenvalue weighted by Crippen LogP contribution is -2.39. The van der Waals surface area contributed by atoms with E-state index >= 15 is 0 Å². The number of carbonyl (C=O) groups is 2. The molecule has 5 rings (SSSR count). The van der Waals surface area contributed by atoms with Crippen LogP contribution in [0.2, 0.25) is 0 Å². The van der Waals surface area contributed by atoms with Crippen molar-refractivity contribution >= 4 is 28.2 Å². The van der Waals surface area contributed by atoms with E-state index < -0.39 is 6.04 Å². The largest absolute Gasteiger partial charge is 0.493 e. The summed E-state index contributed by atoms with van der Waals surface area (Å²) in [6, 6.07) is 4.89. The number of hydrogen-bond donors (Lipinski definition) is 0. The average molecular weight is 470 g/mol. The molecule has 0 radical (unpaired) electrons. The Morgan fingerprint density at radius 3 is 2.76 bits per heavy atom. The highest BCUT2D eigenvalue weighted by atomic mass is 32.1. The number of ether oxygens (including phenoxy) is 3. The number of nitrogens with zero attached hydrogens (tertiary/aromatic N) is 3. The van der Waals surface area contributed by atoms with Gasteiger partial charge in [0.05, 0.1) is 31.2 Å². The van der Waals surface area contributed by atoms with E-state index in [1.54, 1.807) is 12.6 Å². The second kappa shape index (κ2) is 8.78. The van der Waals surface area contributed by atoms with Crippen LogP contribution in [0.5, 0.6) is 11.5 Å². The van der Waals surface area contributed by atoms with Crippen molar-refractivity contribution in [2.45, 2.75) is 51.7 Å². The molecule has 1 aromatic heterocycles. The summed E-state index contributed by atoms with van der Waals surface area (Å²) >= 11 is 1.25. The van der Waals surface area contributed by atoms with E-state index in [9.17, 15) is 9.59 Å². The molecule has 3 heterocycles. The van der Waals surface area contributed by atoms with Crippen molar-refractivity contribution in [3.05, 3.63) is 40.6 Å². The van der Waals surface area contributed by atoms with Crippen molar-refractivity contribution in [3.8, 4) is 11.5 Å². The van der Waals surface area contributed by atoms with Crippen LogP contribution in [0.15, 0.2) is 35.0 Å². The molecule has 1 amide bonds. The van der Waals surface area contributed by atoms with Gasteiger partial charge in [0.15, 0.2) is 23.0 Å². The molecule has 0 bridgehead atoms. The van der Waals surface area contributed by atoms with Crippen LogP contribution in [0.4, 0.5) is 5.13 Å². The van der Waals surface area contributed by atoms with Crippen LogP contribution in [0, 0.1) is 11.8 Å². The minimum atomic E-state index is -0.649. The summed E-state index contributed by atoms with van der Waals surface area (Å²) in [5.41, 5.74) is 2.72. The highest BCUT2D eigenvalue weighted by Crippen LogP contribution is 2.49. The number of aromatic nitrogens is 2. The lowest BCUT2D eigenvalue weighted by atomic mass is 9.77. The number of Topliss-reactive ketones (excluding diaryl/α,β-unsaturated/α-hetero) is 1. The molecule has 174 valence electrons. The van der Waals surface area contributed by atoms with Gasteiger partial charge in [-0.25, -0.2) is 0 Å². The molecule has 2 aromatic rings. The maximum Gasteiger partial charge on any atom is 0.296 e. The maximum absolute atomic E-state index is 13.7. The fourth-order valence-corrected chi connectivity index (χ4v) is 5.44. The Morgan fingerprint density at radius 2 is 2.03 bits per heavy atom. The first-order valence-electron chi connectivity index (χ1n) is 11.3.